The number of ether oxygens (including phenoxy) is 1. The summed E-state index contributed by atoms with van der Waals surface area (Å²) in [7, 11) is 0. The van der Waals surface area contributed by atoms with Crippen LogP contribution in [-0.4, -0.2) is 41.2 Å². The highest BCUT2D eigenvalue weighted by molar-refractivity contribution is 7.16. The van der Waals surface area contributed by atoms with Crippen molar-refractivity contribution in [3.05, 3.63) is 83.8 Å². The fourth-order valence-electron chi connectivity index (χ4n) is 4.42. The van der Waals surface area contributed by atoms with Crippen LogP contribution in [0.1, 0.15) is 5.56 Å². The van der Waals surface area contributed by atoms with Gasteiger partial charge in [0.05, 0.1) is 34.5 Å². The minimum absolute atomic E-state index is 0.211. The van der Waals surface area contributed by atoms with E-state index in [0.29, 0.717) is 5.56 Å². The van der Waals surface area contributed by atoms with E-state index in [0.717, 1.165) is 76.5 Å². The fraction of sp³-hybridized carbons (Fsp3) is 0.185. The number of morpholine rings is 1. The minimum Gasteiger partial charge on any atom is -0.379 e. The molecule has 0 atom stereocenters. The molecule has 5 aromatic rings. The van der Waals surface area contributed by atoms with Crippen molar-refractivity contribution in [2.24, 2.45) is 0 Å². The molecule has 0 radical (unpaired) electrons. The lowest BCUT2D eigenvalue weighted by Gasteiger charge is -2.26. The van der Waals surface area contributed by atoms with Gasteiger partial charge in [0.15, 0.2) is 0 Å². The van der Waals surface area contributed by atoms with Crippen LogP contribution in [0.15, 0.2) is 72.4 Å². The molecule has 1 N–H and O–H groups in total. The second-order valence-electron chi connectivity index (χ2n) is 8.45. The molecule has 170 valence electrons. The Balaban J connectivity index is 1.31. The van der Waals surface area contributed by atoms with Crippen LogP contribution < -0.4 is 5.32 Å². The molecule has 0 aliphatic carbocycles. The molecule has 1 saturated heterocycles. The van der Waals surface area contributed by atoms with Gasteiger partial charge in [-0.15, -0.1) is 11.3 Å². The molecule has 1 aliphatic heterocycles. The number of thiazole rings is 1. The number of hydrogen-bond acceptors (Lipinski definition) is 6. The lowest BCUT2D eigenvalue weighted by molar-refractivity contribution is 0.0341. The summed E-state index contributed by atoms with van der Waals surface area (Å²) in [5.41, 5.74) is 7.94. The number of fused-ring (bicyclic) bond motifs is 2. The molecule has 1 aliphatic rings. The standard InChI is InChI=1S/C27H23FN4OS/c28-23-13-18(16-32-9-11-33-12-10-32)1-4-21(23)19-2-5-24-22(14-19)25(7-8-29-24)31-20-3-6-27-26(15-20)30-17-34-27/h1-8,13-15,17H,9-12,16H2,(H,29,31). The Kier molecular flexibility index (Phi) is 5.66. The number of pyridine rings is 1. The first-order chi connectivity index (χ1) is 16.7. The maximum atomic E-state index is 15.2. The molecule has 7 heteroatoms. The zero-order chi connectivity index (χ0) is 22.9. The van der Waals surface area contributed by atoms with Gasteiger partial charge >= 0.3 is 0 Å². The zero-order valence-corrected chi connectivity index (χ0v) is 19.3. The maximum Gasteiger partial charge on any atom is 0.131 e. The van der Waals surface area contributed by atoms with Crippen LogP contribution in [0.5, 0.6) is 0 Å². The summed E-state index contributed by atoms with van der Waals surface area (Å²) in [4.78, 5) is 11.2. The van der Waals surface area contributed by atoms with E-state index in [1.165, 1.54) is 0 Å². The summed E-state index contributed by atoms with van der Waals surface area (Å²) in [6.45, 7) is 3.97. The number of anilines is 2. The van der Waals surface area contributed by atoms with Crippen LogP contribution in [0.2, 0.25) is 0 Å². The summed E-state index contributed by atoms with van der Waals surface area (Å²) in [6, 6.07) is 19.5. The molecule has 34 heavy (non-hydrogen) atoms. The van der Waals surface area contributed by atoms with Gasteiger partial charge in [0, 0.05) is 48.2 Å². The number of hydrogen-bond donors (Lipinski definition) is 1. The van der Waals surface area contributed by atoms with Crippen molar-refractivity contribution in [2.75, 3.05) is 31.6 Å². The summed E-state index contributed by atoms with van der Waals surface area (Å²) in [6.07, 6.45) is 1.78. The predicted molar refractivity (Wildman–Crippen MR) is 136 cm³/mol. The molecular formula is C27H23FN4OS. The van der Waals surface area contributed by atoms with E-state index in [2.05, 4.69) is 26.3 Å². The number of benzene rings is 3. The van der Waals surface area contributed by atoms with Gasteiger partial charge in [0.25, 0.3) is 0 Å². The van der Waals surface area contributed by atoms with E-state index in [1.54, 1.807) is 23.6 Å². The van der Waals surface area contributed by atoms with Gasteiger partial charge < -0.3 is 10.1 Å². The number of halogens is 1. The Morgan fingerprint density at radius 1 is 0.941 bits per heavy atom. The van der Waals surface area contributed by atoms with Crippen molar-refractivity contribution in [1.29, 1.82) is 0 Å². The van der Waals surface area contributed by atoms with Crippen LogP contribution in [0, 0.1) is 5.82 Å². The van der Waals surface area contributed by atoms with Crippen molar-refractivity contribution >= 4 is 43.8 Å². The van der Waals surface area contributed by atoms with Crippen molar-refractivity contribution in [2.45, 2.75) is 6.54 Å². The Hall–Kier alpha value is -3.39. The summed E-state index contributed by atoms with van der Waals surface area (Å²) < 4.78 is 21.7. The van der Waals surface area contributed by atoms with Gasteiger partial charge in [-0.1, -0.05) is 18.2 Å². The quantitative estimate of drug-likeness (QED) is 0.330. The molecule has 5 nitrogen and oxygen atoms in total. The minimum atomic E-state index is -0.211. The molecule has 0 saturated carbocycles. The Labute approximate surface area is 200 Å². The average Bonchev–Trinajstić information content (AvgIpc) is 3.33. The molecule has 6 rings (SSSR count). The largest absolute Gasteiger partial charge is 0.379 e. The highest BCUT2D eigenvalue weighted by atomic mass is 32.1. The molecule has 2 aromatic heterocycles. The normalized spacial score (nSPS) is 14.6. The highest BCUT2D eigenvalue weighted by Crippen LogP contribution is 2.32. The maximum absolute atomic E-state index is 15.2. The van der Waals surface area contributed by atoms with Crippen LogP contribution in [0.4, 0.5) is 15.8 Å². The lowest BCUT2D eigenvalue weighted by atomic mass is 10.0. The van der Waals surface area contributed by atoms with Gasteiger partial charge in [0.1, 0.15) is 5.82 Å². The number of nitrogens with one attached hydrogen (secondary N) is 1. The van der Waals surface area contributed by atoms with Gasteiger partial charge in [-0.3, -0.25) is 9.88 Å². The molecule has 3 heterocycles. The third-order valence-corrected chi connectivity index (χ3v) is 7.02. The van der Waals surface area contributed by atoms with E-state index >= 15 is 4.39 Å². The zero-order valence-electron chi connectivity index (χ0n) is 18.5. The first-order valence-corrected chi connectivity index (χ1v) is 12.2. The molecular weight excluding hydrogens is 447 g/mol. The monoisotopic (exact) mass is 470 g/mol. The Morgan fingerprint density at radius 2 is 1.85 bits per heavy atom. The van der Waals surface area contributed by atoms with Gasteiger partial charge in [-0.05, 0) is 53.6 Å². The molecule has 0 spiro atoms. The SMILES string of the molecule is Fc1cc(CN2CCOCC2)ccc1-c1ccc2nccc(Nc3ccc4scnc4c3)c2c1. The Bertz CT molecular complexity index is 1480. The van der Waals surface area contributed by atoms with Crippen LogP contribution in [0.25, 0.3) is 32.2 Å². The van der Waals surface area contributed by atoms with Crippen molar-refractivity contribution in [3.8, 4) is 11.1 Å². The summed E-state index contributed by atoms with van der Waals surface area (Å²) in [5.74, 6) is -0.211. The van der Waals surface area contributed by atoms with Crippen LogP contribution >= 0.6 is 11.3 Å². The van der Waals surface area contributed by atoms with E-state index in [4.69, 9.17) is 4.74 Å². The summed E-state index contributed by atoms with van der Waals surface area (Å²) in [5, 5.41) is 4.43. The third kappa shape index (κ3) is 4.25. The number of rotatable bonds is 5. The van der Waals surface area contributed by atoms with Gasteiger partial charge in [-0.2, -0.15) is 0 Å². The van der Waals surface area contributed by atoms with Crippen molar-refractivity contribution in [1.82, 2.24) is 14.9 Å². The smallest absolute Gasteiger partial charge is 0.131 e. The van der Waals surface area contributed by atoms with E-state index in [9.17, 15) is 0 Å². The highest BCUT2D eigenvalue weighted by Gasteiger charge is 2.14. The van der Waals surface area contributed by atoms with Crippen LogP contribution in [-0.2, 0) is 11.3 Å². The van der Waals surface area contributed by atoms with Gasteiger partial charge in [-0.25, -0.2) is 9.37 Å². The molecule has 1 fully saturated rings. The fourth-order valence-corrected chi connectivity index (χ4v) is 5.08. The Morgan fingerprint density at radius 3 is 2.74 bits per heavy atom. The van der Waals surface area contributed by atoms with Crippen molar-refractivity contribution in [3.63, 3.8) is 0 Å². The van der Waals surface area contributed by atoms with Gasteiger partial charge in [0.2, 0.25) is 0 Å². The van der Waals surface area contributed by atoms with Crippen LogP contribution in [0.3, 0.4) is 0 Å². The molecule has 3 aromatic carbocycles. The third-order valence-electron chi connectivity index (χ3n) is 6.21. The molecule has 0 unspecified atom stereocenters. The molecule has 0 amide bonds. The first kappa shape index (κ1) is 21.2. The average molecular weight is 471 g/mol. The number of aromatic nitrogens is 2. The van der Waals surface area contributed by atoms with Crippen molar-refractivity contribution < 1.29 is 9.13 Å². The second-order valence-corrected chi connectivity index (χ2v) is 9.34. The molecule has 0 bridgehead atoms. The topological polar surface area (TPSA) is 50.3 Å². The summed E-state index contributed by atoms with van der Waals surface area (Å²) >= 11 is 1.62. The number of nitrogens with zero attached hydrogens (tertiary/aromatic N) is 3. The first-order valence-electron chi connectivity index (χ1n) is 11.3. The second kappa shape index (κ2) is 9.10. The lowest BCUT2D eigenvalue weighted by Crippen LogP contribution is -2.35. The predicted octanol–water partition coefficient (Wildman–Crippen LogP) is 6.23. The van der Waals surface area contributed by atoms with E-state index in [1.807, 2.05) is 54.0 Å². The van der Waals surface area contributed by atoms with E-state index in [-0.39, 0.29) is 5.82 Å². The van der Waals surface area contributed by atoms with E-state index < -0.39 is 0 Å².